The minimum absolute atomic E-state index is 0.0660. The molecule has 0 unspecified atom stereocenters. The third-order valence-electron chi connectivity index (χ3n) is 3.57. The van der Waals surface area contributed by atoms with Gasteiger partial charge in [0.25, 0.3) is 5.95 Å². The Bertz CT molecular complexity index is 737. The minimum Gasteiger partial charge on any atom is -0.493 e. The van der Waals surface area contributed by atoms with Gasteiger partial charge in [-0.15, -0.1) is 0 Å². The van der Waals surface area contributed by atoms with Gasteiger partial charge >= 0.3 is 0 Å². The number of methoxy groups -OCH3 is 1. The highest BCUT2D eigenvalue weighted by atomic mass is 19.2. The number of anilines is 1. The molecular formula is C16H15F3N2O3. The van der Waals surface area contributed by atoms with E-state index in [1.807, 2.05) is 0 Å². The van der Waals surface area contributed by atoms with Gasteiger partial charge in [-0.1, -0.05) is 12.1 Å². The lowest BCUT2D eigenvalue weighted by Gasteiger charge is -2.28. The van der Waals surface area contributed by atoms with Crippen molar-refractivity contribution in [2.24, 2.45) is 0 Å². The number of halogens is 3. The zero-order valence-corrected chi connectivity index (χ0v) is 12.9. The molecule has 0 amide bonds. The Morgan fingerprint density at radius 3 is 2.38 bits per heavy atom. The molecule has 0 aliphatic carbocycles. The smallest absolute Gasteiger partial charge is 0.255 e. The number of para-hydroxylation sites is 2. The van der Waals surface area contributed by atoms with E-state index in [2.05, 4.69) is 4.98 Å². The van der Waals surface area contributed by atoms with Crippen molar-refractivity contribution in [2.75, 3.05) is 38.3 Å². The summed E-state index contributed by atoms with van der Waals surface area (Å²) in [7, 11) is 1.39. The lowest BCUT2D eigenvalue weighted by molar-refractivity contribution is 0.122. The summed E-state index contributed by atoms with van der Waals surface area (Å²) in [5, 5.41) is 0. The summed E-state index contributed by atoms with van der Waals surface area (Å²) < 4.78 is 58.1. The van der Waals surface area contributed by atoms with Gasteiger partial charge in [-0.05, 0) is 12.1 Å². The van der Waals surface area contributed by atoms with Gasteiger partial charge < -0.3 is 19.1 Å². The van der Waals surface area contributed by atoms with Crippen LogP contribution in [0.25, 0.3) is 0 Å². The SMILES string of the molecule is COc1ccccc1Oc1c(F)c(F)nc(N2CCOCC2)c1F. The fourth-order valence-electron chi connectivity index (χ4n) is 2.37. The Morgan fingerprint density at radius 2 is 1.71 bits per heavy atom. The molecule has 0 saturated carbocycles. The van der Waals surface area contributed by atoms with Crippen LogP contribution in [0.3, 0.4) is 0 Å². The van der Waals surface area contributed by atoms with E-state index in [1.54, 1.807) is 18.2 Å². The van der Waals surface area contributed by atoms with Crippen molar-refractivity contribution in [3.8, 4) is 17.2 Å². The predicted molar refractivity (Wildman–Crippen MR) is 80.2 cm³/mol. The summed E-state index contributed by atoms with van der Waals surface area (Å²) in [6.45, 7) is 1.35. The molecule has 8 heteroatoms. The maximum Gasteiger partial charge on any atom is 0.255 e. The molecule has 0 bridgehead atoms. The second kappa shape index (κ2) is 6.96. The fourth-order valence-corrected chi connectivity index (χ4v) is 2.37. The van der Waals surface area contributed by atoms with E-state index in [9.17, 15) is 13.2 Å². The van der Waals surface area contributed by atoms with Gasteiger partial charge in [0.05, 0.1) is 20.3 Å². The van der Waals surface area contributed by atoms with Crippen LogP contribution in [0.2, 0.25) is 0 Å². The number of aromatic nitrogens is 1. The molecule has 0 N–H and O–H groups in total. The molecule has 2 heterocycles. The Morgan fingerprint density at radius 1 is 1.04 bits per heavy atom. The fraction of sp³-hybridized carbons (Fsp3) is 0.312. The molecule has 1 aliphatic heterocycles. The summed E-state index contributed by atoms with van der Waals surface area (Å²) in [4.78, 5) is 4.87. The van der Waals surface area contributed by atoms with Crippen molar-refractivity contribution in [3.63, 3.8) is 0 Å². The Balaban J connectivity index is 2.01. The van der Waals surface area contributed by atoms with Crippen molar-refractivity contribution in [1.29, 1.82) is 0 Å². The first kappa shape index (κ1) is 16.4. The van der Waals surface area contributed by atoms with Gasteiger partial charge in [0, 0.05) is 13.1 Å². The zero-order chi connectivity index (χ0) is 17.1. The normalized spacial score (nSPS) is 14.6. The number of benzene rings is 1. The molecule has 0 spiro atoms. The number of pyridine rings is 1. The van der Waals surface area contributed by atoms with Crippen LogP contribution in [0.5, 0.6) is 17.2 Å². The highest BCUT2D eigenvalue weighted by Crippen LogP contribution is 2.37. The molecule has 1 fully saturated rings. The van der Waals surface area contributed by atoms with E-state index in [0.717, 1.165) is 0 Å². The van der Waals surface area contributed by atoms with Crippen molar-refractivity contribution in [1.82, 2.24) is 4.98 Å². The molecule has 0 atom stereocenters. The highest BCUT2D eigenvalue weighted by Gasteiger charge is 2.27. The predicted octanol–water partition coefficient (Wildman–Crippen LogP) is 3.14. The van der Waals surface area contributed by atoms with E-state index in [0.29, 0.717) is 26.3 Å². The molecule has 128 valence electrons. The number of hydrogen-bond acceptors (Lipinski definition) is 5. The zero-order valence-electron chi connectivity index (χ0n) is 12.9. The van der Waals surface area contributed by atoms with Crippen molar-refractivity contribution >= 4 is 5.82 Å². The number of hydrogen-bond donors (Lipinski definition) is 0. The molecule has 1 saturated heterocycles. The summed E-state index contributed by atoms with van der Waals surface area (Å²) in [6.07, 6.45) is 0. The summed E-state index contributed by atoms with van der Waals surface area (Å²) in [5.74, 6) is -4.81. The maximum atomic E-state index is 14.7. The molecule has 24 heavy (non-hydrogen) atoms. The first-order valence-corrected chi connectivity index (χ1v) is 7.30. The molecule has 1 aromatic carbocycles. The van der Waals surface area contributed by atoms with E-state index in [1.165, 1.54) is 18.1 Å². The quantitative estimate of drug-likeness (QED) is 0.800. The van der Waals surface area contributed by atoms with E-state index >= 15 is 0 Å². The average Bonchev–Trinajstić information content (AvgIpc) is 2.63. The maximum absolute atomic E-state index is 14.7. The average molecular weight is 340 g/mol. The first-order valence-electron chi connectivity index (χ1n) is 7.30. The molecule has 5 nitrogen and oxygen atoms in total. The standard InChI is InChI=1S/C16H15F3N2O3/c1-22-10-4-2-3-5-11(10)24-14-12(17)15(19)20-16(13(14)18)21-6-8-23-9-7-21/h2-5H,6-9H2,1H3. The van der Waals surface area contributed by atoms with Crippen LogP contribution in [0.4, 0.5) is 19.0 Å². The number of morpholine rings is 1. The van der Waals surface area contributed by atoms with Crippen LogP contribution >= 0.6 is 0 Å². The summed E-state index contributed by atoms with van der Waals surface area (Å²) in [6, 6.07) is 6.30. The van der Waals surface area contributed by atoms with Crippen LogP contribution in [0, 0.1) is 17.6 Å². The van der Waals surface area contributed by atoms with Gasteiger partial charge in [-0.2, -0.15) is 18.2 Å². The van der Waals surface area contributed by atoms with Crippen molar-refractivity contribution in [3.05, 3.63) is 41.8 Å². The van der Waals surface area contributed by atoms with Crippen LogP contribution in [0.1, 0.15) is 0 Å². The van der Waals surface area contributed by atoms with E-state index < -0.39 is 23.3 Å². The van der Waals surface area contributed by atoms with Crippen LogP contribution in [-0.4, -0.2) is 38.4 Å². The summed E-state index contributed by atoms with van der Waals surface area (Å²) in [5.41, 5.74) is 0. The van der Waals surface area contributed by atoms with Crippen LogP contribution < -0.4 is 14.4 Å². The molecule has 2 aromatic rings. The van der Waals surface area contributed by atoms with E-state index in [4.69, 9.17) is 14.2 Å². The van der Waals surface area contributed by atoms with Gasteiger partial charge in [0.1, 0.15) is 0 Å². The van der Waals surface area contributed by atoms with E-state index in [-0.39, 0.29) is 17.3 Å². The highest BCUT2D eigenvalue weighted by molar-refractivity contribution is 5.50. The molecule has 1 aromatic heterocycles. The second-order valence-corrected chi connectivity index (χ2v) is 5.04. The van der Waals surface area contributed by atoms with Crippen LogP contribution in [-0.2, 0) is 4.74 Å². The monoisotopic (exact) mass is 340 g/mol. The van der Waals surface area contributed by atoms with Gasteiger partial charge in [0.15, 0.2) is 17.3 Å². The first-order chi connectivity index (χ1) is 11.6. The van der Waals surface area contributed by atoms with Crippen LogP contribution in [0.15, 0.2) is 24.3 Å². The minimum atomic E-state index is -1.49. The number of rotatable bonds is 4. The number of nitrogens with zero attached hydrogens (tertiary/aromatic N) is 2. The van der Waals surface area contributed by atoms with Gasteiger partial charge in [0.2, 0.25) is 17.4 Å². The second-order valence-electron chi connectivity index (χ2n) is 5.04. The molecule has 1 aliphatic rings. The lowest BCUT2D eigenvalue weighted by Crippen LogP contribution is -2.37. The Labute approximate surface area is 136 Å². The molecule has 0 radical (unpaired) electrons. The lowest BCUT2D eigenvalue weighted by atomic mass is 10.3. The summed E-state index contributed by atoms with van der Waals surface area (Å²) >= 11 is 0. The van der Waals surface area contributed by atoms with Gasteiger partial charge in [-0.3, -0.25) is 0 Å². The third kappa shape index (κ3) is 3.09. The Hall–Kier alpha value is -2.48. The van der Waals surface area contributed by atoms with Gasteiger partial charge in [-0.25, -0.2) is 0 Å². The number of ether oxygens (including phenoxy) is 3. The third-order valence-corrected chi connectivity index (χ3v) is 3.57. The molecular weight excluding hydrogens is 325 g/mol. The Kier molecular flexibility index (Phi) is 4.75. The van der Waals surface area contributed by atoms with Crippen molar-refractivity contribution in [2.45, 2.75) is 0 Å². The topological polar surface area (TPSA) is 43.8 Å². The largest absolute Gasteiger partial charge is 0.493 e. The van der Waals surface area contributed by atoms with Crippen molar-refractivity contribution < 1.29 is 27.4 Å². The molecule has 3 rings (SSSR count).